The van der Waals surface area contributed by atoms with Crippen molar-refractivity contribution in [3.8, 4) is 0 Å². The minimum Gasteiger partial charge on any atom is -0.384 e. The normalized spacial score (nSPS) is 14.4. The van der Waals surface area contributed by atoms with Gasteiger partial charge in [-0.1, -0.05) is 12.1 Å². The molecule has 2 N–H and O–H groups in total. The van der Waals surface area contributed by atoms with Crippen LogP contribution in [0.3, 0.4) is 0 Å². The SMILES string of the molecule is FC(F)(F)CCCNCc1ccc2c(c1)CCN2. The van der Waals surface area contributed by atoms with Gasteiger partial charge in [0.25, 0.3) is 0 Å². The van der Waals surface area contributed by atoms with E-state index in [9.17, 15) is 13.2 Å². The van der Waals surface area contributed by atoms with Crippen molar-refractivity contribution in [2.24, 2.45) is 0 Å². The average Bonchev–Trinajstić information content (AvgIpc) is 2.74. The van der Waals surface area contributed by atoms with E-state index in [0.717, 1.165) is 18.5 Å². The summed E-state index contributed by atoms with van der Waals surface area (Å²) in [5.74, 6) is 0. The van der Waals surface area contributed by atoms with Crippen LogP contribution in [0.5, 0.6) is 0 Å². The van der Waals surface area contributed by atoms with Crippen molar-refractivity contribution in [2.75, 3.05) is 18.4 Å². The third kappa shape index (κ3) is 3.91. The van der Waals surface area contributed by atoms with E-state index < -0.39 is 12.6 Å². The Labute approximate surface area is 105 Å². The second-order valence-corrected chi connectivity index (χ2v) is 4.56. The zero-order valence-electron chi connectivity index (χ0n) is 10.1. The molecule has 1 aromatic rings. The summed E-state index contributed by atoms with van der Waals surface area (Å²) >= 11 is 0. The van der Waals surface area contributed by atoms with Gasteiger partial charge in [-0.3, -0.25) is 0 Å². The molecule has 100 valence electrons. The highest BCUT2D eigenvalue weighted by atomic mass is 19.4. The Morgan fingerprint density at radius 1 is 1.28 bits per heavy atom. The predicted molar refractivity (Wildman–Crippen MR) is 65.6 cm³/mol. The molecule has 0 amide bonds. The minimum absolute atomic E-state index is 0.135. The van der Waals surface area contributed by atoms with Crippen LogP contribution < -0.4 is 10.6 Å². The van der Waals surface area contributed by atoms with Crippen molar-refractivity contribution >= 4 is 5.69 Å². The largest absolute Gasteiger partial charge is 0.389 e. The van der Waals surface area contributed by atoms with E-state index in [2.05, 4.69) is 16.7 Å². The molecule has 2 rings (SSSR count). The topological polar surface area (TPSA) is 24.1 Å². The second kappa shape index (κ2) is 5.61. The number of alkyl halides is 3. The van der Waals surface area contributed by atoms with E-state index in [4.69, 9.17) is 0 Å². The second-order valence-electron chi connectivity index (χ2n) is 4.56. The monoisotopic (exact) mass is 258 g/mol. The van der Waals surface area contributed by atoms with Crippen LogP contribution in [-0.4, -0.2) is 19.3 Å². The highest BCUT2D eigenvalue weighted by Gasteiger charge is 2.25. The van der Waals surface area contributed by atoms with Crippen molar-refractivity contribution < 1.29 is 13.2 Å². The summed E-state index contributed by atoms with van der Waals surface area (Å²) in [7, 11) is 0. The van der Waals surface area contributed by atoms with Crippen LogP contribution in [0.4, 0.5) is 18.9 Å². The maximum atomic E-state index is 11.9. The van der Waals surface area contributed by atoms with Gasteiger partial charge in [-0.15, -0.1) is 0 Å². The number of benzene rings is 1. The summed E-state index contributed by atoms with van der Waals surface area (Å²) in [6.45, 7) is 2.00. The molecule has 0 aliphatic carbocycles. The lowest BCUT2D eigenvalue weighted by Crippen LogP contribution is -2.17. The molecule has 1 aliphatic heterocycles. The fraction of sp³-hybridized carbons (Fsp3) is 0.538. The molecule has 1 aromatic carbocycles. The standard InChI is InChI=1S/C13H17F3N2/c14-13(15,16)5-1-6-17-9-10-2-3-12-11(8-10)4-7-18-12/h2-3,8,17-18H,1,4-7,9H2. The van der Waals surface area contributed by atoms with Crippen molar-refractivity contribution in [2.45, 2.75) is 32.0 Å². The Morgan fingerprint density at radius 2 is 2.11 bits per heavy atom. The maximum absolute atomic E-state index is 11.9. The minimum atomic E-state index is -4.04. The lowest BCUT2D eigenvalue weighted by atomic mass is 10.1. The van der Waals surface area contributed by atoms with Crippen molar-refractivity contribution in [1.29, 1.82) is 0 Å². The van der Waals surface area contributed by atoms with E-state index in [0.29, 0.717) is 13.1 Å². The number of hydrogen-bond donors (Lipinski definition) is 2. The molecule has 0 aromatic heterocycles. The molecule has 1 aliphatic rings. The molecule has 0 radical (unpaired) electrons. The third-order valence-electron chi connectivity index (χ3n) is 3.02. The average molecular weight is 258 g/mol. The first kappa shape index (κ1) is 13.2. The van der Waals surface area contributed by atoms with Crippen LogP contribution in [0.25, 0.3) is 0 Å². The maximum Gasteiger partial charge on any atom is 0.389 e. The Bertz CT molecular complexity index is 402. The number of fused-ring (bicyclic) bond motifs is 1. The molecular formula is C13H17F3N2. The number of rotatable bonds is 5. The van der Waals surface area contributed by atoms with Gasteiger partial charge < -0.3 is 10.6 Å². The zero-order valence-corrected chi connectivity index (χ0v) is 10.1. The smallest absolute Gasteiger partial charge is 0.384 e. The Balaban J connectivity index is 1.71. The van der Waals surface area contributed by atoms with Crippen molar-refractivity contribution in [1.82, 2.24) is 5.32 Å². The van der Waals surface area contributed by atoms with Crippen molar-refractivity contribution in [3.05, 3.63) is 29.3 Å². The first-order valence-corrected chi connectivity index (χ1v) is 6.18. The van der Waals surface area contributed by atoms with E-state index in [1.54, 1.807) is 0 Å². The van der Waals surface area contributed by atoms with E-state index >= 15 is 0 Å². The van der Waals surface area contributed by atoms with Gasteiger partial charge in [0.1, 0.15) is 0 Å². The molecule has 0 bridgehead atoms. The van der Waals surface area contributed by atoms with Gasteiger partial charge in [-0.2, -0.15) is 13.2 Å². The van der Waals surface area contributed by atoms with E-state index in [1.165, 1.54) is 11.3 Å². The number of hydrogen-bond acceptors (Lipinski definition) is 2. The molecule has 0 unspecified atom stereocenters. The molecule has 2 nitrogen and oxygen atoms in total. The number of anilines is 1. The summed E-state index contributed by atoms with van der Waals surface area (Å²) < 4.78 is 35.8. The molecule has 0 fully saturated rings. The summed E-state index contributed by atoms with van der Waals surface area (Å²) in [5.41, 5.74) is 3.60. The molecular weight excluding hydrogens is 241 g/mol. The highest BCUT2D eigenvalue weighted by molar-refractivity contribution is 5.56. The molecule has 0 atom stereocenters. The van der Waals surface area contributed by atoms with Crippen LogP contribution in [0, 0.1) is 0 Å². The third-order valence-corrected chi connectivity index (χ3v) is 3.02. The Kier molecular flexibility index (Phi) is 4.11. The molecule has 18 heavy (non-hydrogen) atoms. The first-order valence-electron chi connectivity index (χ1n) is 6.18. The van der Waals surface area contributed by atoms with Gasteiger partial charge in [0.05, 0.1) is 0 Å². The van der Waals surface area contributed by atoms with Crippen LogP contribution >= 0.6 is 0 Å². The number of nitrogens with one attached hydrogen (secondary N) is 2. The molecule has 0 saturated carbocycles. The predicted octanol–water partition coefficient (Wildman–Crippen LogP) is 3.09. The van der Waals surface area contributed by atoms with E-state index in [1.807, 2.05) is 12.1 Å². The molecule has 0 saturated heterocycles. The van der Waals surface area contributed by atoms with Crippen molar-refractivity contribution in [3.63, 3.8) is 0 Å². The van der Waals surface area contributed by atoms with Crippen LogP contribution in [0.15, 0.2) is 18.2 Å². The molecule has 5 heteroatoms. The molecule has 0 spiro atoms. The fourth-order valence-corrected chi connectivity index (χ4v) is 2.11. The summed E-state index contributed by atoms with van der Waals surface area (Å²) in [6, 6.07) is 6.16. The van der Waals surface area contributed by atoms with Gasteiger partial charge >= 0.3 is 6.18 Å². The summed E-state index contributed by atoms with van der Waals surface area (Å²) in [5, 5.41) is 6.32. The highest BCUT2D eigenvalue weighted by Crippen LogP contribution is 2.23. The van der Waals surface area contributed by atoms with Crippen LogP contribution in [0.1, 0.15) is 24.0 Å². The summed E-state index contributed by atoms with van der Waals surface area (Å²) in [4.78, 5) is 0. The lowest BCUT2D eigenvalue weighted by Gasteiger charge is -2.08. The zero-order chi connectivity index (χ0) is 13.0. The molecule has 1 heterocycles. The van der Waals surface area contributed by atoms with Gasteiger partial charge in [-0.05, 0) is 36.6 Å². The van der Waals surface area contributed by atoms with Crippen LogP contribution in [0.2, 0.25) is 0 Å². The van der Waals surface area contributed by atoms with E-state index in [-0.39, 0.29) is 6.42 Å². The Morgan fingerprint density at radius 3 is 2.89 bits per heavy atom. The van der Waals surface area contributed by atoms with Gasteiger partial charge in [0.15, 0.2) is 0 Å². The van der Waals surface area contributed by atoms with Crippen LogP contribution in [-0.2, 0) is 13.0 Å². The Hall–Kier alpha value is -1.23. The quantitative estimate of drug-likeness (QED) is 0.793. The first-order chi connectivity index (χ1) is 8.54. The fourth-order valence-electron chi connectivity index (χ4n) is 2.11. The summed E-state index contributed by atoms with van der Waals surface area (Å²) in [6.07, 6.45) is -3.59. The van der Waals surface area contributed by atoms with Gasteiger partial charge in [0.2, 0.25) is 0 Å². The van der Waals surface area contributed by atoms with Gasteiger partial charge in [0, 0.05) is 25.2 Å². The number of halogens is 3. The van der Waals surface area contributed by atoms with Gasteiger partial charge in [-0.25, -0.2) is 0 Å². The lowest BCUT2D eigenvalue weighted by molar-refractivity contribution is -0.135.